The average molecular weight is 248 g/mol. The molecule has 100 valence electrons. The van der Waals surface area contributed by atoms with Gasteiger partial charge in [0, 0.05) is 18.8 Å². The fourth-order valence-corrected chi connectivity index (χ4v) is 2.75. The Bertz CT molecular complexity index is 355. The third kappa shape index (κ3) is 3.03. The quantitative estimate of drug-likeness (QED) is 0.833. The molecule has 18 heavy (non-hydrogen) atoms. The number of nitrogens with zero attached hydrogens (tertiary/aromatic N) is 1. The smallest absolute Gasteiger partial charge is 0.0789 e. The maximum Gasteiger partial charge on any atom is 0.0789 e. The minimum atomic E-state index is 0.261. The molecule has 3 heteroatoms. The van der Waals surface area contributed by atoms with E-state index in [9.17, 15) is 0 Å². The lowest BCUT2D eigenvalue weighted by Gasteiger charge is -2.35. The van der Waals surface area contributed by atoms with E-state index in [2.05, 4.69) is 43.1 Å². The molecule has 1 aromatic rings. The van der Waals surface area contributed by atoms with Crippen LogP contribution in [0.5, 0.6) is 0 Å². The van der Waals surface area contributed by atoms with Gasteiger partial charge >= 0.3 is 0 Å². The first-order valence-electron chi connectivity index (χ1n) is 6.92. The average Bonchev–Trinajstić information content (AvgIpc) is 2.47. The van der Waals surface area contributed by atoms with Crippen molar-refractivity contribution < 1.29 is 4.84 Å². The van der Waals surface area contributed by atoms with Gasteiger partial charge in [0.2, 0.25) is 0 Å². The highest BCUT2D eigenvalue weighted by Gasteiger charge is 2.24. The molecule has 0 radical (unpaired) electrons. The standard InChI is InChI=1S/C15H24N2O/c1-3-12-4-6-13(7-5-12)17(2)14-8-10-15(18-16)11-9-14/h4-7,14-15H,3,8-11,16H2,1-2H3. The monoisotopic (exact) mass is 248 g/mol. The van der Waals surface area contributed by atoms with Crippen molar-refractivity contribution in [1.29, 1.82) is 0 Å². The second-order valence-corrected chi connectivity index (χ2v) is 5.20. The predicted octanol–water partition coefficient (Wildman–Crippen LogP) is 2.89. The summed E-state index contributed by atoms with van der Waals surface area (Å²) in [5.41, 5.74) is 2.71. The lowest BCUT2D eigenvalue weighted by Crippen LogP contribution is -2.37. The van der Waals surface area contributed by atoms with Gasteiger partial charge in [0.1, 0.15) is 0 Å². The molecule has 0 aliphatic heterocycles. The Morgan fingerprint density at radius 3 is 2.28 bits per heavy atom. The van der Waals surface area contributed by atoms with Crippen molar-refractivity contribution in [3.63, 3.8) is 0 Å². The molecule has 0 heterocycles. The van der Waals surface area contributed by atoms with Gasteiger partial charge in [-0.2, -0.15) is 0 Å². The SMILES string of the molecule is CCc1ccc(N(C)C2CCC(ON)CC2)cc1. The van der Waals surface area contributed by atoms with Gasteiger partial charge in [0.15, 0.2) is 0 Å². The fourth-order valence-electron chi connectivity index (χ4n) is 2.75. The number of hydrogen-bond donors (Lipinski definition) is 1. The number of aryl methyl sites for hydroxylation is 1. The van der Waals surface area contributed by atoms with Crippen LogP contribution < -0.4 is 10.8 Å². The van der Waals surface area contributed by atoms with E-state index in [-0.39, 0.29) is 6.10 Å². The Labute approximate surface area is 110 Å². The molecule has 0 saturated heterocycles. The normalized spacial score (nSPS) is 23.9. The molecule has 0 aromatic heterocycles. The molecule has 0 unspecified atom stereocenters. The number of rotatable bonds is 4. The van der Waals surface area contributed by atoms with Crippen molar-refractivity contribution in [2.45, 2.75) is 51.2 Å². The highest BCUT2D eigenvalue weighted by molar-refractivity contribution is 5.47. The van der Waals surface area contributed by atoms with Gasteiger partial charge in [-0.05, 0) is 49.8 Å². The first-order chi connectivity index (χ1) is 8.74. The molecule has 0 amide bonds. The minimum absolute atomic E-state index is 0.261. The highest BCUT2D eigenvalue weighted by Crippen LogP contribution is 2.27. The molecule has 1 aromatic carbocycles. The Kier molecular flexibility index (Phi) is 4.61. The van der Waals surface area contributed by atoms with Crippen molar-refractivity contribution in [3.05, 3.63) is 29.8 Å². The topological polar surface area (TPSA) is 38.5 Å². The largest absolute Gasteiger partial charge is 0.372 e. The van der Waals surface area contributed by atoms with Gasteiger partial charge in [0.25, 0.3) is 0 Å². The molecule has 1 aliphatic rings. The van der Waals surface area contributed by atoms with Crippen molar-refractivity contribution >= 4 is 5.69 Å². The van der Waals surface area contributed by atoms with E-state index in [0.717, 1.165) is 32.1 Å². The first-order valence-corrected chi connectivity index (χ1v) is 6.92. The zero-order chi connectivity index (χ0) is 13.0. The van der Waals surface area contributed by atoms with Crippen molar-refractivity contribution in [3.8, 4) is 0 Å². The minimum Gasteiger partial charge on any atom is -0.372 e. The lowest BCUT2D eigenvalue weighted by atomic mass is 9.92. The third-order valence-corrected chi connectivity index (χ3v) is 4.14. The molecular formula is C15H24N2O. The summed E-state index contributed by atoms with van der Waals surface area (Å²) in [4.78, 5) is 7.33. The van der Waals surface area contributed by atoms with Crippen LogP contribution in [0.1, 0.15) is 38.2 Å². The van der Waals surface area contributed by atoms with Crippen LogP contribution in [0.25, 0.3) is 0 Å². The van der Waals surface area contributed by atoms with E-state index >= 15 is 0 Å². The van der Waals surface area contributed by atoms with E-state index in [4.69, 9.17) is 10.7 Å². The summed E-state index contributed by atoms with van der Waals surface area (Å²) in [5.74, 6) is 5.25. The number of benzene rings is 1. The van der Waals surface area contributed by atoms with Gasteiger partial charge in [-0.3, -0.25) is 0 Å². The summed E-state index contributed by atoms with van der Waals surface area (Å²) in [6.07, 6.45) is 5.82. The van der Waals surface area contributed by atoms with E-state index in [1.165, 1.54) is 11.3 Å². The summed E-state index contributed by atoms with van der Waals surface area (Å²) in [6.45, 7) is 2.19. The fraction of sp³-hybridized carbons (Fsp3) is 0.600. The van der Waals surface area contributed by atoms with Crippen LogP contribution in [0.4, 0.5) is 5.69 Å². The Balaban J connectivity index is 1.96. The van der Waals surface area contributed by atoms with Crippen LogP contribution in [-0.4, -0.2) is 19.2 Å². The zero-order valence-corrected chi connectivity index (χ0v) is 11.4. The number of hydrogen-bond acceptors (Lipinski definition) is 3. The summed E-state index contributed by atoms with van der Waals surface area (Å²) < 4.78 is 0. The number of anilines is 1. The summed E-state index contributed by atoms with van der Waals surface area (Å²) >= 11 is 0. The Morgan fingerprint density at radius 2 is 1.78 bits per heavy atom. The molecule has 2 rings (SSSR count). The molecule has 2 N–H and O–H groups in total. The third-order valence-electron chi connectivity index (χ3n) is 4.14. The van der Waals surface area contributed by atoms with Crippen LogP contribution >= 0.6 is 0 Å². The Hall–Kier alpha value is -1.06. The predicted molar refractivity (Wildman–Crippen MR) is 75.5 cm³/mol. The second-order valence-electron chi connectivity index (χ2n) is 5.20. The van der Waals surface area contributed by atoms with E-state index in [1.54, 1.807) is 0 Å². The first kappa shape index (κ1) is 13.4. The van der Waals surface area contributed by atoms with E-state index in [1.807, 2.05) is 0 Å². The highest BCUT2D eigenvalue weighted by atomic mass is 16.6. The van der Waals surface area contributed by atoms with Crippen molar-refractivity contribution in [2.75, 3.05) is 11.9 Å². The molecule has 1 fully saturated rings. The molecular weight excluding hydrogens is 224 g/mol. The lowest BCUT2D eigenvalue weighted by molar-refractivity contribution is 0.0243. The molecule has 1 aliphatic carbocycles. The molecule has 0 bridgehead atoms. The second kappa shape index (κ2) is 6.21. The summed E-state index contributed by atoms with van der Waals surface area (Å²) in [5, 5.41) is 0. The summed E-state index contributed by atoms with van der Waals surface area (Å²) in [6, 6.07) is 9.51. The van der Waals surface area contributed by atoms with Crippen LogP contribution in [0, 0.1) is 0 Å². The Morgan fingerprint density at radius 1 is 1.17 bits per heavy atom. The van der Waals surface area contributed by atoms with Gasteiger partial charge in [-0.25, -0.2) is 5.90 Å². The maximum atomic E-state index is 5.25. The molecule has 0 atom stereocenters. The summed E-state index contributed by atoms with van der Waals surface area (Å²) in [7, 11) is 2.19. The van der Waals surface area contributed by atoms with E-state index in [0.29, 0.717) is 6.04 Å². The maximum absolute atomic E-state index is 5.25. The molecule has 1 saturated carbocycles. The van der Waals surface area contributed by atoms with Crippen LogP contribution in [-0.2, 0) is 11.3 Å². The van der Waals surface area contributed by atoms with Gasteiger partial charge in [0.05, 0.1) is 6.10 Å². The van der Waals surface area contributed by atoms with Crippen molar-refractivity contribution in [2.24, 2.45) is 5.90 Å². The van der Waals surface area contributed by atoms with Gasteiger partial charge < -0.3 is 9.74 Å². The number of nitrogens with two attached hydrogens (primary N) is 1. The van der Waals surface area contributed by atoms with Crippen LogP contribution in [0.3, 0.4) is 0 Å². The van der Waals surface area contributed by atoms with Crippen LogP contribution in [0.2, 0.25) is 0 Å². The van der Waals surface area contributed by atoms with Crippen LogP contribution in [0.15, 0.2) is 24.3 Å². The van der Waals surface area contributed by atoms with Crippen molar-refractivity contribution in [1.82, 2.24) is 0 Å². The molecule has 0 spiro atoms. The molecule has 3 nitrogen and oxygen atoms in total. The van der Waals surface area contributed by atoms with E-state index < -0.39 is 0 Å². The van der Waals surface area contributed by atoms with Gasteiger partial charge in [-0.15, -0.1) is 0 Å². The zero-order valence-electron chi connectivity index (χ0n) is 11.4. The van der Waals surface area contributed by atoms with Gasteiger partial charge in [-0.1, -0.05) is 19.1 Å².